The Hall–Kier alpha value is -0.990. The molecule has 0 spiro atoms. The maximum absolute atomic E-state index is 13.9. The van der Waals surface area contributed by atoms with Gasteiger partial charge >= 0.3 is 0 Å². The Balaban J connectivity index is 2.11. The highest BCUT2D eigenvalue weighted by Gasteiger charge is 2.28. The van der Waals surface area contributed by atoms with Crippen molar-refractivity contribution in [1.29, 1.82) is 0 Å². The largest absolute Gasteiger partial charge is 0.336 e. The second kappa shape index (κ2) is 5.79. The molecule has 0 saturated carbocycles. The lowest BCUT2D eigenvalue weighted by Gasteiger charge is -2.33. The van der Waals surface area contributed by atoms with Crippen LogP contribution in [0.1, 0.15) is 10.4 Å². The first kappa shape index (κ1) is 15.4. The quantitative estimate of drug-likeness (QED) is 0.794. The van der Waals surface area contributed by atoms with Crippen LogP contribution in [-0.2, 0) is 10.0 Å². The van der Waals surface area contributed by atoms with Crippen molar-refractivity contribution in [2.24, 2.45) is 0 Å². The zero-order valence-corrected chi connectivity index (χ0v) is 13.2. The summed E-state index contributed by atoms with van der Waals surface area (Å²) >= 11 is 3.04. The van der Waals surface area contributed by atoms with Gasteiger partial charge < -0.3 is 4.90 Å². The van der Waals surface area contributed by atoms with Crippen molar-refractivity contribution in [3.05, 3.63) is 34.1 Å². The lowest BCUT2D eigenvalue weighted by molar-refractivity contribution is 0.0693. The van der Waals surface area contributed by atoms with Crippen LogP contribution in [0.5, 0.6) is 0 Å². The summed E-state index contributed by atoms with van der Waals surface area (Å²) in [5.74, 6) is -1.01. The van der Waals surface area contributed by atoms with E-state index < -0.39 is 21.7 Å². The van der Waals surface area contributed by atoms with Gasteiger partial charge in [0.25, 0.3) is 5.91 Å². The molecular weight excluding hydrogens is 351 g/mol. The number of nitrogens with zero attached hydrogens (tertiary/aromatic N) is 2. The van der Waals surface area contributed by atoms with Crippen molar-refractivity contribution >= 4 is 31.9 Å². The average molecular weight is 365 g/mol. The smallest absolute Gasteiger partial charge is 0.256 e. The third kappa shape index (κ3) is 3.18. The summed E-state index contributed by atoms with van der Waals surface area (Å²) in [4.78, 5) is 13.7. The van der Waals surface area contributed by atoms with E-state index in [1.807, 2.05) is 0 Å². The number of carbonyl (C=O) groups excluding carboxylic acids is 1. The molecule has 1 heterocycles. The number of hydrogen-bond acceptors (Lipinski definition) is 3. The summed E-state index contributed by atoms with van der Waals surface area (Å²) < 4.78 is 38.2. The van der Waals surface area contributed by atoms with Gasteiger partial charge in [-0.2, -0.15) is 4.31 Å². The number of carbonyl (C=O) groups is 1. The second-order valence-corrected chi connectivity index (χ2v) is 7.39. The van der Waals surface area contributed by atoms with Gasteiger partial charge in [-0.1, -0.05) is 6.07 Å². The first-order chi connectivity index (χ1) is 9.30. The third-order valence-electron chi connectivity index (χ3n) is 3.18. The summed E-state index contributed by atoms with van der Waals surface area (Å²) in [6.45, 7) is 0.996. The molecule has 1 aliphatic rings. The molecule has 5 nitrogen and oxygen atoms in total. The maximum Gasteiger partial charge on any atom is 0.256 e. The number of sulfonamides is 1. The predicted octanol–water partition coefficient (Wildman–Crippen LogP) is 1.31. The minimum Gasteiger partial charge on any atom is -0.336 e. The fourth-order valence-electron chi connectivity index (χ4n) is 2.06. The zero-order valence-electron chi connectivity index (χ0n) is 10.8. The number of piperazine rings is 1. The molecule has 1 aromatic carbocycles. The minimum atomic E-state index is -3.24. The van der Waals surface area contributed by atoms with Crippen molar-refractivity contribution in [3.63, 3.8) is 0 Å². The molecule has 0 radical (unpaired) electrons. The molecule has 8 heteroatoms. The molecule has 0 aliphatic carbocycles. The molecule has 1 saturated heterocycles. The first-order valence-corrected chi connectivity index (χ1v) is 8.63. The molecule has 1 aromatic rings. The van der Waals surface area contributed by atoms with Crippen molar-refractivity contribution in [2.45, 2.75) is 0 Å². The van der Waals surface area contributed by atoms with Gasteiger partial charge in [0.1, 0.15) is 5.82 Å². The zero-order chi connectivity index (χ0) is 14.9. The Morgan fingerprint density at radius 2 is 1.85 bits per heavy atom. The van der Waals surface area contributed by atoms with Crippen LogP contribution in [0.3, 0.4) is 0 Å². The molecular formula is C12H14BrFN2O3S. The standard InChI is InChI=1S/C12H14BrFN2O3S/c1-20(18,19)16-7-5-15(6-8-16)12(17)9-3-2-4-10(13)11(9)14/h2-4H,5-8H2,1H3. The Morgan fingerprint density at radius 1 is 1.25 bits per heavy atom. The van der Waals surface area contributed by atoms with E-state index in [1.54, 1.807) is 6.07 Å². The van der Waals surface area contributed by atoms with Gasteiger partial charge in [-0.25, -0.2) is 12.8 Å². The van der Waals surface area contributed by atoms with E-state index in [2.05, 4.69) is 15.9 Å². The predicted molar refractivity (Wildman–Crippen MR) is 76.4 cm³/mol. The van der Waals surface area contributed by atoms with Crippen LogP contribution in [0.2, 0.25) is 0 Å². The Morgan fingerprint density at radius 3 is 2.40 bits per heavy atom. The van der Waals surface area contributed by atoms with Gasteiger partial charge in [0.05, 0.1) is 16.3 Å². The molecule has 0 unspecified atom stereocenters. The monoisotopic (exact) mass is 364 g/mol. The van der Waals surface area contributed by atoms with Crippen LogP contribution in [0.25, 0.3) is 0 Å². The van der Waals surface area contributed by atoms with Crippen molar-refractivity contribution < 1.29 is 17.6 Å². The molecule has 1 amide bonds. The molecule has 0 aromatic heterocycles. The SMILES string of the molecule is CS(=O)(=O)N1CCN(C(=O)c2cccc(Br)c2F)CC1. The second-order valence-electron chi connectivity index (χ2n) is 4.56. The number of benzene rings is 1. The Kier molecular flexibility index (Phi) is 4.46. The van der Waals surface area contributed by atoms with Crippen LogP contribution in [0.4, 0.5) is 4.39 Å². The minimum absolute atomic E-state index is 0.00724. The topological polar surface area (TPSA) is 57.7 Å². The molecule has 110 valence electrons. The van der Waals surface area contributed by atoms with Gasteiger partial charge in [0.15, 0.2) is 0 Å². The summed E-state index contributed by atoms with van der Waals surface area (Å²) in [6.07, 6.45) is 1.14. The number of hydrogen-bond donors (Lipinski definition) is 0. The van der Waals surface area contributed by atoms with Crippen LogP contribution < -0.4 is 0 Å². The van der Waals surface area contributed by atoms with Gasteiger partial charge in [-0.15, -0.1) is 0 Å². The Labute approximate surface area is 125 Å². The lowest BCUT2D eigenvalue weighted by atomic mass is 10.1. The molecule has 20 heavy (non-hydrogen) atoms. The number of amides is 1. The fourth-order valence-corrected chi connectivity index (χ4v) is 3.25. The van der Waals surface area contributed by atoms with Gasteiger partial charge in [-0.3, -0.25) is 4.79 Å². The van der Waals surface area contributed by atoms with Crippen molar-refractivity contribution in [1.82, 2.24) is 9.21 Å². The van der Waals surface area contributed by atoms with E-state index in [-0.39, 0.29) is 36.2 Å². The van der Waals surface area contributed by atoms with E-state index in [0.717, 1.165) is 6.26 Å². The lowest BCUT2D eigenvalue weighted by Crippen LogP contribution is -2.50. The average Bonchev–Trinajstić information content (AvgIpc) is 2.40. The summed E-state index contributed by atoms with van der Waals surface area (Å²) in [5, 5.41) is 0. The molecule has 1 fully saturated rings. The van der Waals surface area contributed by atoms with Crippen molar-refractivity contribution in [2.75, 3.05) is 32.4 Å². The van der Waals surface area contributed by atoms with Crippen LogP contribution in [-0.4, -0.2) is 56.0 Å². The molecule has 0 bridgehead atoms. The molecule has 0 atom stereocenters. The van der Waals surface area contributed by atoms with E-state index in [9.17, 15) is 17.6 Å². The van der Waals surface area contributed by atoms with Gasteiger partial charge in [-0.05, 0) is 28.1 Å². The number of halogens is 2. The van der Waals surface area contributed by atoms with E-state index >= 15 is 0 Å². The highest BCUT2D eigenvalue weighted by molar-refractivity contribution is 9.10. The van der Waals surface area contributed by atoms with Crippen LogP contribution >= 0.6 is 15.9 Å². The summed E-state index contributed by atoms with van der Waals surface area (Å²) in [6, 6.07) is 4.53. The van der Waals surface area contributed by atoms with Crippen molar-refractivity contribution in [3.8, 4) is 0 Å². The van der Waals surface area contributed by atoms with Gasteiger partial charge in [0, 0.05) is 26.2 Å². The normalized spacial score (nSPS) is 17.2. The van der Waals surface area contributed by atoms with E-state index in [4.69, 9.17) is 0 Å². The molecule has 0 N–H and O–H groups in total. The third-order valence-corrected chi connectivity index (χ3v) is 5.09. The van der Waals surface area contributed by atoms with Gasteiger partial charge in [0.2, 0.25) is 10.0 Å². The molecule has 1 aliphatic heterocycles. The summed E-state index contributed by atoms with van der Waals surface area (Å²) in [7, 11) is -3.24. The van der Waals surface area contributed by atoms with Crippen LogP contribution in [0.15, 0.2) is 22.7 Å². The highest BCUT2D eigenvalue weighted by Crippen LogP contribution is 2.20. The van der Waals surface area contributed by atoms with E-state index in [1.165, 1.54) is 21.3 Å². The first-order valence-electron chi connectivity index (χ1n) is 5.99. The van der Waals surface area contributed by atoms with E-state index in [0.29, 0.717) is 0 Å². The number of rotatable bonds is 2. The highest BCUT2D eigenvalue weighted by atomic mass is 79.9. The fraction of sp³-hybridized carbons (Fsp3) is 0.417. The Bertz CT molecular complexity index is 628. The maximum atomic E-state index is 13.9. The summed E-state index contributed by atoms with van der Waals surface area (Å²) in [5.41, 5.74) is -0.00724. The molecule has 2 rings (SSSR count). The van der Waals surface area contributed by atoms with Crippen LogP contribution in [0, 0.1) is 5.82 Å².